The monoisotopic (exact) mass is 466 g/mol. The van der Waals surface area contributed by atoms with Gasteiger partial charge >= 0.3 is 5.97 Å². The van der Waals surface area contributed by atoms with Gasteiger partial charge in [0, 0.05) is 37.7 Å². The molecule has 1 aliphatic rings. The van der Waals surface area contributed by atoms with Gasteiger partial charge in [-0.2, -0.15) is 0 Å². The lowest BCUT2D eigenvalue weighted by atomic mass is 10.1. The maximum Gasteiger partial charge on any atom is 0.308 e. The maximum absolute atomic E-state index is 12.7. The van der Waals surface area contributed by atoms with E-state index in [-0.39, 0.29) is 11.9 Å². The summed E-state index contributed by atoms with van der Waals surface area (Å²) in [6.45, 7) is 3.15. The molecule has 0 saturated carbocycles. The van der Waals surface area contributed by atoms with E-state index in [1.54, 1.807) is 6.20 Å². The molecule has 0 spiro atoms. The van der Waals surface area contributed by atoms with Gasteiger partial charge < -0.3 is 15.0 Å². The second-order valence-corrected chi connectivity index (χ2v) is 8.65. The van der Waals surface area contributed by atoms with Gasteiger partial charge in [0.25, 0.3) is 5.91 Å². The van der Waals surface area contributed by atoms with Crippen LogP contribution < -0.4 is 15.0 Å². The number of nitrogens with one attached hydrogen (secondary N) is 1. The van der Waals surface area contributed by atoms with Crippen LogP contribution in [-0.4, -0.2) is 34.9 Å². The van der Waals surface area contributed by atoms with Gasteiger partial charge in [-0.3, -0.25) is 9.59 Å². The first-order valence-electron chi connectivity index (χ1n) is 11.7. The number of hydrogen-bond acceptors (Lipinski definition) is 6. The van der Waals surface area contributed by atoms with Crippen LogP contribution in [0.5, 0.6) is 5.75 Å². The quantitative estimate of drug-likeness (QED) is 0.403. The Bertz CT molecular complexity index is 1380. The number of ether oxygens (including phenoxy) is 1. The Hall–Kier alpha value is -4.26. The van der Waals surface area contributed by atoms with Crippen molar-refractivity contribution in [2.45, 2.75) is 26.2 Å². The first-order chi connectivity index (χ1) is 17.0. The summed E-state index contributed by atoms with van der Waals surface area (Å²) in [4.78, 5) is 35.5. The summed E-state index contributed by atoms with van der Waals surface area (Å²) < 4.78 is 5.33. The van der Waals surface area contributed by atoms with E-state index in [0.29, 0.717) is 29.4 Å². The summed E-state index contributed by atoms with van der Waals surface area (Å²) in [5.74, 6) is 1.18. The molecule has 0 bridgehead atoms. The molecule has 1 N–H and O–H groups in total. The minimum Gasteiger partial charge on any atom is -0.421 e. The van der Waals surface area contributed by atoms with Gasteiger partial charge in [-0.05, 0) is 53.4 Å². The lowest BCUT2D eigenvalue weighted by Gasteiger charge is -2.19. The molecule has 0 aliphatic carbocycles. The minimum atomic E-state index is -0.386. The molecule has 2 heterocycles. The Labute approximate surface area is 203 Å². The van der Waals surface area contributed by atoms with Crippen molar-refractivity contribution in [3.05, 3.63) is 89.9 Å². The number of benzene rings is 3. The van der Waals surface area contributed by atoms with E-state index in [2.05, 4.69) is 15.2 Å². The summed E-state index contributed by atoms with van der Waals surface area (Å²) in [6, 6.07) is 21.3. The highest BCUT2D eigenvalue weighted by Gasteiger charge is 2.20. The zero-order chi connectivity index (χ0) is 24.2. The predicted molar refractivity (Wildman–Crippen MR) is 136 cm³/mol. The first-order valence-corrected chi connectivity index (χ1v) is 11.7. The number of carbonyl (C=O) groups excluding carboxylic acids is 2. The molecule has 176 valence electrons. The van der Waals surface area contributed by atoms with Gasteiger partial charge in [0.1, 0.15) is 5.82 Å². The normalized spacial score (nSPS) is 13.1. The van der Waals surface area contributed by atoms with Crippen molar-refractivity contribution in [2.24, 2.45) is 0 Å². The van der Waals surface area contributed by atoms with E-state index in [9.17, 15) is 9.59 Å². The molecular weight excluding hydrogens is 440 g/mol. The second-order valence-electron chi connectivity index (χ2n) is 8.65. The third kappa shape index (κ3) is 5.30. The topological polar surface area (TPSA) is 84.4 Å². The number of anilines is 2. The fourth-order valence-corrected chi connectivity index (χ4v) is 4.29. The second kappa shape index (κ2) is 9.93. The van der Waals surface area contributed by atoms with E-state index in [0.717, 1.165) is 48.0 Å². The standard InChI is InChI=1S/C28H26N4O3/c1-19(33)35-25-18-29-26(31-27(25)32-14-4-5-15-32)16-20-8-12-24(13-9-20)30-28(34)23-11-10-21-6-2-3-7-22(21)17-23/h2-3,6-13,17-18H,4-5,14-16H2,1H3,(H,30,34). The maximum atomic E-state index is 12.7. The molecule has 7 heteroatoms. The lowest BCUT2D eigenvalue weighted by Crippen LogP contribution is -2.21. The van der Waals surface area contributed by atoms with Crippen molar-refractivity contribution in [3.8, 4) is 5.75 Å². The van der Waals surface area contributed by atoms with E-state index in [1.165, 1.54) is 6.92 Å². The Balaban J connectivity index is 1.28. The molecule has 0 atom stereocenters. The van der Waals surface area contributed by atoms with Gasteiger partial charge in [0.2, 0.25) is 0 Å². The summed E-state index contributed by atoms with van der Waals surface area (Å²) in [5, 5.41) is 5.09. The van der Waals surface area contributed by atoms with Gasteiger partial charge in [0.05, 0.1) is 6.20 Å². The van der Waals surface area contributed by atoms with Crippen LogP contribution >= 0.6 is 0 Å². The number of rotatable bonds is 6. The number of carbonyl (C=O) groups is 2. The molecule has 1 aromatic heterocycles. The highest BCUT2D eigenvalue weighted by Crippen LogP contribution is 2.29. The van der Waals surface area contributed by atoms with Crippen LogP contribution in [0.25, 0.3) is 10.8 Å². The molecule has 1 fully saturated rings. The van der Waals surface area contributed by atoms with Gasteiger partial charge in [0.15, 0.2) is 11.6 Å². The van der Waals surface area contributed by atoms with Crippen LogP contribution in [0.4, 0.5) is 11.5 Å². The van der Waals surface area contributed by atoms with Crippen molar-refractivity contribution in [1.29, 1.82) is 0 Å². The Kier molecular flexibility index (Phi) is 6.39. The Morgan fingerprint density at radius 3 is 2.46 bits per heavy atom. The number of esters is 1. The summed E-state index contributed by atoms with van der Waals surface area (Å²) in [5.41, 5.74) is 2.35. The van der Waals surface area contributed by atoms with Crippen molar-refractivity contribution < 1.29 is 14.3 Å². The molecule has 7 nitrogen and oxygen atoms in total. The number of nitrogens with zero attached hydrogens (tertiary/aromatic N) is 3. The third-order valence-electron chi connectivity index (χ3n) is 6.03. The fraction of sp³-hybridized carbons (Fsp3) is 0.214. The van der Waals surface area contributed by atoms with Crippen LogP contribution in [-0.2, 0) is 11.2 Å². The van der Waals surface area contributed by atoms with Gasteiger partial charge in [-0.1, -0.05) is 42.5 Å². The summed E-state index contributed by atoms with van der Waals surface area (Å²) >= 11 is 0. The van der Waals surface area contributed by atoms with E-state index in [4.69, 9.17) is 9.72 Å². The zero-order valence-electron chi connectivity index (χ0n) is 19.5. The summed E-state index contributed by atoms with van der Waals surface area (Å²) in [6.07, 6.45) is 4.28. The lowest BCUT2D eigenvalue weighted by molar-refractivity contribution is -0.131. The molecule has 0 unspecified atom stereocenters. The molecule has 1 saturated heterocycles. The number of aromatic nitrogens is 2. The molecule has 1 aliphatic heterocycles. The van der Waals surface area contributed by atoms with Crippen LogP contribution in [0.3, 0.4) is 0 Å². The molecule has 3 aromatic carbocycles. The van der Waals surface area contributed by atoms with Crippen molar-refractivity contribution in [2.75, 3.05) is 23.3 Å². The van der Waals surface area contributed by atoms with Crippen LogP contribution in [0, 0.1) is 0 Å². The largest absolute Gasteiger partial charge is 0.421 e. The first kappa shape index (κ1) is 22.5. The molecule has 35 heavy (non-hydrogen) atoms. The minimum absolute atomic E-state index is 0.150. The molecular formula is C28H26N4O3. The fourth-order valence-electron chi connectivity index (χ4n) is 4.29. The van der Waals surface area contributed by atoms with Crippen molar-refractivity contribution >= 4 is 34.2 Å². The SMILES string of the molecule is CC(=O)Oc1cnc(Cc2ccc(NC(=O)c3ccc4ccccc4c3)cc2)nc1N1CCCC1. The molecule has 5 rings (SSSR count). The number of amides is 1. The predicted octanol–water partition coefficient (Wildman–Crippen LogP) is 5.00. The Morgan fingerprint density at radius 2 is 1.71 bits per heavy atom. The zero-order valence-corrected chi connectivity index (χ0v) is 19.5. The average molecular weight is 467 g/mol. The van der Waals surface area contributed by atoms with Gasteiger partial charge in [-0.25, -0.2) is 9.97 Å². The smallest absolute Gasteiger partial charge is 0.308 e. The number of fused-ring (bicyclic) bond motifs is 1. The van der Waals surface area contributed by atoms with Gasteiger partial charge in [-0.15, -0.1) is 0 Å². The van der Waals surface area contributed by atoms with Crippen molar-refractivity contribution in [3.63, 3.8) is 0 Å². The van der Waals surface area contributed by atoms with E-state index in [1.807, 2.05) is 66.7 Å². The van der Waals surface area contributed by atoms with Crippen LogP contribution in [0.15, 0.2) is 72.9 Å². The average Bonchev–Trinajstić information content (AvgIpc) is 3.40. The van der Waals surface area contributed by atoms with Crippen LogP contribution in [0.2, 0.25) is 0 Å². The van der Waals surface area contributed by atoms with E-state index < -0.39 is 0 Å². The molecule has 0 radical (unpaired) electrons. The summed E-state index contributed by atoms with van der Waals surface area (Å²) in [7, 11) is 0. The highest BCUT2D eigenvalue weighted by atomic mass is 16.5. The highest BCUT2D eigenvalue weighted by molar-refractivity contribution is 6.06. The van der Waals surface area contributed by atoms with Crippen LogP contribution in [0.1, 0.15) is 41.5 Å². The third-order valence-corrected chi connectivity index (χ3v) is 6.03. The molecule has 1 amide bonds. The van der Waals surface area contributed by atoms with Crippen molar-refractivity contribution in [1.82, 2.24) is 9.97 Å². The molecule has 4 aromatic rings. The Morgan fingerprint density at radius 1 is 0.971 bits per heavy atom. The van der Waals surface area contributed by atoms with E-state index >= 15 is 0 Å². The number of hydrogen-bond donors (Lipinski definition) is 1.